The lowest BCUT2D eigenvalue weighted by Gasteiger charge is -2.34. The molecule has 1 aliphatic rings. The van der Waals surface area contributed by atoms with E-state index < -0.39 is 0 Å². The van der Waals surface area contributed by atoms with Crippen molar-refractivity contribution in [1.29, 1.82) is 0 Å². The summed E-state index contributed by atoms with van der Waals surface area (Å²) in [5, 5.41) is 6.70. The van der Waals surface area contributed by atoms with Crippen molar-refractivity contribution >= 4 is 5.96 Å². The van der Waals surface area contributed by atoms with Gasteiger partial charge in [0, 0.05) is 26.7 Å². The van der Waals surface area contributed by atoms with E-state index in [9.17, 15) is 4.39 Å². The van der Waals surface area contributed by atoms with Crippen LogP contribution < -0.4 is 15.4 Å². The molecule has 6 heteroatoms. The second-order valence-electron chi connectivity index (χ2n) is 7.85. The molecule has 1 saturated heterocycles. The summed E-state index contributed by atoms with van der Waals surface area (Å²) in [6, 6.07) is 6.48. The van der Waals surface area contributed by atoms with Gasteiger partial charge in [-0.15, -0.1) is 0 Å². The summed E-state index contributed by atoms with van der Waals surface area (Å²) in [4.78, 5) is 6.86. The summed E-state index contributed by atoms with van der Waals surface area (Å²) in [6.45, 7) is 11.5. The number of guanidine groups is 1. The molecule has 1 fully saturated rings. The van der Waals surface area contributed by atoms with Crippen LogP contribution in [-0.2, 0) is 0 Å². The number of halogens is 1. The second-order valence-corrected chi connectivity index (χ2v) is 7.85. The topological polar surface area (TPSA) is 48.9 Å². The minimum absolute atomic E-state index is 0.170. The van der Waals surface area contributed by atoms with Gasteiger partial charge in [-0.1, -0.05) is 26.0 Å². The van der Waals surface area contributed by atoms with E-state index >= 15 is 0 Å². The van der Waals surface area contributed by atoms with Crippen LogP contribution in [0.4, 0.5) is 4.39 Å². The monoisotopic (exact) mass is 378 g/mol. The number of likely N-dealkylation sites (tertiary alicyclic amines) is 1. The summed E-state index contributed by atoms with van der Waals surface area (Å²) in [5.74, 6) is 2.06. The highest BCUT2D eigenvalue weighted by Crippen LogP contribution is 2.17. The van der Waals surface area contributed by atoms with Crippen LogP contribution in [-0.4, -0.2) is 56.7 Å². The van der Waals surface area contributed by atoms with E-state index in [0.717, 1.165) is 19.0 Å². The Kier molecular flexibility index (Phi) is 8.85. The minimum Gasteiger partial charge on any atom is -0.486 e. The SMILES string of the molecule is CN=C(NCC1CCCN(CC(C)C)C1)NCC(C)Oc1ccccc1F. The van der Waals surface area contributed by atoms with E-state index in [-0.39, 0.29) is 17.7 Å². The zero-order chi connectivity index (χ0) is 19.6. The molecule has 0 radical (unpaired) electrons. The van der Waals surface area contributed by atoms with Gasteiger partial charge in [-0.2, -0.15) is 0 Å². The Labute approximate surface area is 163 Å². The smallest absolute Gasteiger partial charge is 0.191 e. The molecule has 152 valence electrons. The van der Waals surface area contributed by atoms with Crippen LogP contribution in [0.2, 0.25) is 0 Å². The molecule has 0 spiro atoms. The number of para-hydroxylation sites is 1. The van der Waals surface area contributed by atoms with Gasteiger partial charge in [0.2, 0.25) is 0 Å². The lowest BCUT2D eigenvalue weighted by Crippen LogP contribution is -2.46. The quantitative estimate of drug-likeness (QED) is 0.539. The van der Waals surface area contributed by atoms with Crippen molar-refractivity contribution in [2.45, 2.75) is 39.7 Å². The highest BCUT2D eigenvalue weighted by molar-refractivity contribution is 5.79. The molecule has 2 rings (SSSR count). The van der Waals surface area contributed by atoms with Crippen molar-refractivity contribution in [2.24, 2.45) is 16.8 Å². The Hall–Kier alpha value is -1.82. The molecule has 27 heavy (non-hydrogen) atoms. The maximum atomic E-state index is 13.7. The maximum absolute atomic E-state index is 13.7. The van der Waals surface area contributed by atoms with Crippen LogP contribution in [0.1, 0.15) is 33.6 Å². The standard InChI is InChI=1S/C21H35FN4O/c1-16(2)14-26-11-7-8-18(15-26)13-25-21(23-4)24-12-17(3)27-20-10-6-5-9-19(20)22/h5-6,9-10,16-18H,7-8,11-15H2,1-4H3,(H2,23,24,25). The second kappa shape index (κ2) is 11.1. The molecule has 5 nitrogen and oxygen atoms in total. The fourth-order valence-corrected chi connectivity index (χ4v) is 3.50. The summed E-state index contributed by atoms with van der Waals surface area (Å²) in [5.41, 5.74) is 0. The van der Waals surface area contributed by atoms with Gasteiger partial charge in [-0.05, 0) is 50.3 Å². The molecule has 1 aliphatic heterocycles. The Bertz CT molecular complexity index is 593. The van der Waals surface area contributed by atoms with Gasteiger partial charge in [-0.25, -0.2) is 4.39 Å². The third kappa shape index (κ3) is 7.75. The molecule has 2 atom stereocenters. The van der Waals surface area contributed by atoms with Crippen LogP contribution in [0.25, 0.3) is 0 Å². The van der Waals surface area contributed by atoms with Gasteiger partial charge >= 0.3 is 0 Å². The van der Waals surface area contributed by atoms with Crippen LogP contribution in [0.3, 0.4) is 0 Å². The molecule has 0 bridgehead atoms. The van der Waals surface area contributed by atoms with E-state index in [4.69, 9.17) is 4.74 Å². The van der Waals surface area contributed by atoms with E-state index in [1.807, 2.05) is 6.92 Å². The molecule has 0 saturated carbocycles. The Morgan fingerprint density at radius 3 is 2.78 bits per heavy atom. The first-order chi connectivity index (χ1) is 13.0. The number of nitrogens with zero attached hydrogens (tertiary/aromatic N) is 2. The summed E-state index contributed by atoms with van der Waals surface area (Å²) >= 11 is 0. The number of benzene rings is 1. The van der Waals surface area contributed by atoms with Gasteiger partial charge in [0.1, 0.15) is 6.10 Å². The van der Waals surface area contributed by atoms with Gasteiger partial charge in [0.05, 0.1) is 6.54 Å². The van der Waals surface area contributed by atoms with Crippen LogP contribution in [0.5, 0.6) is 5.75 Å². The summed E-state index contributed by atoms with van der Waals surface area (Å²) in [7, 11) is 1.77. The first-order valence-corrected chi connectivity index (χ1v) is 10.1. The first kappa shape index (κ1) is 21.5. The molecule has 0 aromatic heterocycles. The third-order valence-corrected chi connectivity index (χ3v) is 4.73. The van der Waals surface area contributed by atoms with Crippen molar-refractivity contribution < 1.29 is 9.13 Å². The molecule has 1 aromatic carbocycles. The Balaban J connectivity index is 1.71. The van der Waals surface area contributed by atoms with Crippen LogP contribution in [0.15, 0.2) is 29.3 Å². The zero-order valence-electron chi connectivity index (χ0n) is 17.2. The van der Waals surface area contributed by atoms with E-state index in [1.54, 1.807) is 25.2 Å². The van der Waals surface area contributed by atoms with Crippen molar-refractivity contribution in [3.63, 3.8) is 0 Å². The average Bonchev–Trinajstić information content (AvgIpc) is 2.63. The van der Waals surface area contributed by atoms with Gasteiger partial charge in [0.15, 0.2) is 17.5 Å². The molecule has 1 heterocycles. The highest BCUT2D eigenvalue weighted by atomic mass is 19.1. The lowest BCUT2D eigenvalue weighted by atomic mass is 9.97. The van der Waals surface area contributed by atoms with E-state index in [2.05, 4.69) is 34.4 Å². The summed E-state index contributed by atoms with van der Waals surface area (Å²) < 4.78 is 19.3. The zero-order valence-corrected chi connectivity index (χ0v) is 17.2. The molecule has 1 aromatic rings. The summed E-state index contributed by atoms with van der Waals surface area (Å²) in [6.07, 6.45) is 2.35. The molecule has 0 aliphatic carbocycles. The molecule has 0 amide bonds. The van der Waals surface area contributed by atoms with Crippen molar-refractivity contribution in [1.82, 2.24) is 15.5 Å². The molecular weight excluding hydrogens is 343 g/mol. The number of ether oxygens (including phenoxy) is 1. The predicted octanol–water partition coefficient (Wildman–Crippen LogP) is 3.13. The van der Waals surface area contributed by atoms with Crippen molar-refractivity contribution in [3.8, 4) is 5.75 Å². The van der Waals surface area contributed by atoms with Crippen molar-refractivity contribution in [2.75, 3.05) is 39.8 Å². The van der Waals surface area contributed by atoms with Gasteiger partial charge in [-0.3, -0.25) is 4.99 Å². The van der Waals surface area contributed by atoms with Crippen molar-refractivity contribution in [3.05, 3.63) is 30.1 Å². The van der Waals surface area contributed by atoms with Crippen LogP contribution >= 0.6 is 0 Å². The number of hydrogen-bond donors (Lipinski definition) is 2. The number of hydrogen-bond acceptors (Lipinski definition) is 3. The predicted molar refractivity (Wildman–Crippen MR) is 110 cm³/mol. The number of piperidine rings is 1. The van der Waals surface area contributed by atoms with Gasteiger partial charge in [0.25, 0.3) is 0 Å². The minimum atomic E-state index is -0.338. The number of nitrogens with one attached hydrogen (secondary N) is 2. The molecule has 2 unspecified atom stereocenters. The average molecular weight is 379 g/mol. The van der Waals surface area contributed by atoms with E-state index in [1.165, 1.54) is 32.0 Å². The number of aliphatic imine (C=N–C) groups is 1. The fourth-order valence-electron chi connectivity index (χ4n) is 3.50. The maximum Gasteiger partial charge on any atom is 0.191 e. The largest absolute Gasteiger partial charge is 0.486 e. The molecular formula is C21H35FN4O. The first-order valence-electron chi connectivity index (χ1n) is 10.1. The number of rotatable bonds is 8. The normalized spacial score (nSPS) is 19.8. The Morgan fingerprint density at radius 1 is 1.30 bits per heavy atom. The van der Waals surface area contributed by atoms with Gasteiger partial charge < -0.3 is 20.3 Å². The third-order valence-electron chi connectivity index (χ3n) is 4.73. The fraction of sp³-hybridized carbons (Fsp3) is 0.667. The molecule has 2 N–H and O–H groups in total. The van der Waals surface area contributed by atoms with E-state index in [0.29, 0.717) is 18.4 Å². The lowest BCUT2D eigenvalue weighted by molar-refractivity contribution is 0.159. The Morgan fingerprint density at radius 2 is 2.07 bits per heavy atom. The highest BCUT2D eigenvalue weighted by Gasteiger charge is 2.20. The van der Waals surface area contributed by atoms with Crippen LogP contribution in [0, 0.1) is 17.7 Å².